The van der Waals surface area contributed by atoms with Gasteiger partial charge in [-0.25, -0.2) is 0 Å². The lowest BCUT2D eigenvalue weighted by Crippen LogP contribution is -2.49. The summed E-state index contributed by atoms with van der Waals surface area (Å²) in [6.45, 7) is 5.93. The minimum Gasteiger partial charge on any atom is -0.338 e. The Labute approximate surface area is 146 Å². The Kier molecular flexibility index (Phi) is 6.45. The first kappa shape index (κ1) is 17.9. The van der Waals surface area contributed by atoms with Crippen molar-refractivity contribution in [3.8, 4) is 0 Å². The van der Waals surface area contributed by atoms with Crippen molar-refractivity contribution < 1.29 is 4.79 Å². The maximum absolute atomic E-state index is 12.7. The van der Waals surface area contributed by atoms with Gasteiger partial charge in [0.05, 0.1) is 12.1 Å². The van der Waals surface area contributed by atoms with Crippen LogP contribution in [0.3, 0.4) is 0 Å². The van der Waals surface area contributed by atoms with Crippen LogP contribution in [0.1, 0.15) is 25.5 Å². The molecular formula is C16H22Cl2N2OS. The number of carbonyl (C=O) groups excluding carboxylic acids is 1. The van der Waals surface area contributed by atoms with Gasteiger partial charge in [-0.15, -0.1) is 0 Å². The minimum atomic E-state index is -0.0978. The summed E-state index contributed by atoms with van der Waals surface area (Å²) >= 11 is 14.2. The zero-order valence-corrected chi connectivity index (χ0v) is 15.5. The fourth-order valence-corrected chi connectivity index (χ4v) is 4.15. The Bertz CT molecular complexity index is 535. The Morgan fingerprint density at radius 2 is 1.91 bits per heavy atom. The third-order valence-electron chi connectivity index (χ3n) is 4.29. The van der Waals surface area contributed by atoms with Crippen LogP contribution in [0.4, 0.5) is 0 Å². The first-order valence-corrected chi connectivity index (χ1v) is 9.36. The summed E-state index contributed by atoms with van der Waals surface area (Å²) in [5.74, 6) is 2.32. The van der Waals surface area contributed by atoms with Crippen LogP contribution in [0, 0.1) is 0 Å². The largest absolute Gasteiger partial charge is 0.338 e. The minimum absolute atomic E-state index is 0.0844. The van der Waals surface area contributed by atoms with Crippen LogP contribution < -0.4 is 0 Å². The predicted molar refractivity (Wildman–Crippen MR) is 96.0 cm³/mol. The molecule has 1 saturated heterocycles. The van der Waals surface area contributed by atoms with E-state index in [-0.39, 0.29) is 18.0 Å². The molecule has 1 aliphatic rings. The second-order valence-electron chi connectivity index (χ2n) is 5.62. The van der Waals surface area contributed by atoms with Gasteiger partial charge in [0.15, 0.2) is 0 Å². The highest BCUT2D eigenvalue weighted by atomic mass is 35.5. The van der Waals surface area contributed by atoms with Crippen LogP contribution in [0.5, 0.6) is 0 Å². The van der Waals surface area contributed by atoms with Crippen molar-refractivity contribution in [2.24, 2.45) is 0 Å². The van der Waals surface area contributed by atoms with Gasteiger partial charge in [-0.05, 0) is 31.5 Å². The van der Waals surface area contributed by atoms with E-state index in [1.54, 1.807) is 11.0 Å². The van der Waals surface area contributed by atoms with Gasteiger partial charge in [-0.3, -0.25) is 9.69 Å². The molecule has 22 heavy (non-hydrogen) atoms. The molecule has 1 aromatic carbocycles. The summed E-state index contributed by atoms with van der Waals surface area (Å²) in [6, 6.07) is 5.24. The van der Waals surface area contributed by atoms with Crippen LogP contribution >= 0.6 is 35.0 Å². The monoisotopic (exact) mass is 360 g/mol. The topological polar surface area (TPSA) is 23.6 Å². The Balaban J connectivity index is 2.08. The molecule has 0 radical (unpaired) electrons. The maximum atomic E-state index is 12.7. The highest BCUT2D eigenvalue weighted by Crippen LogP contribution is 2.29. The van der Waals surface area contributed by atoms with E-state index in [4.69, 9.17) is 23.2 Å². The van der Waals surface area contributed by atoms with Gasteiger partial charge in [-0.1, -0.05) is 29.3 Å². The first-order valence-electron chi connectivity index (χ1n) is 7.45. The highest BCUT2D eigenvalue weighted by molar-refractivity contribution is 7.99. The normalized spacial score (nSPS) is 18.8. The lowest BCUT2D eigenvalue weighted by atomic mass is 10.1. The van der Waals surface area contributed by atoms with Crippen LogP contribution in [0.15, 0.2) is 18.2 Å². The molecule has 122 valence electrons. The molecule has 6 heteroatoms. The van der Waals surface area contributed by atoms with Crippen molar-refractivity contribution in [1.29, 1.82) is 0 Å². The van der Waals surface area contributed by atoms with E-state index in [2.05, 4.69) is 4.90 Å². The van der Waals surface area contributed by atoms with Crippen LogP contribution in [0.2, 0.25) is 10.0 Å². The molecular weight excluding hydrogens is 339 g/mol. The van der Waals surface area contributed by atoms with Crippen molar-refractivity contribution in [3.63, 3.8) is 0 Å². The van der Waals surface area contributed by atoms with Crippen LogP contribution in [0.25, 0.3) is 0 Å². The second kappa shape index (κ2) is 7.91. The zero-order valence-electron chi connectivity index (χ0n) is 13.2. The molecule has 0 aliphatic carbocycles. The molecule has 0 aromatic heterocycles. The lowest BCUT2D eigenvalue weighted by Gasteiger charge is -2.35. The van der Waals surface area contributed by atoms with Gasteiger partial charge in [0, 0.05) is 41.7 Å². The fraction of sp³-hybridized carbons (Fsp3) is 0.562. The lowest BCUT2D eigenvalue weighted by molar-refractivity contribution is -0.136. The third-order valence-corrected chi connectivity index (χ3v) is 5.80. The van der Waals surface area contributed by atoms with E-state index in [0.29, 0.717) is 10.0 Å². The molecule has 0 bridgehead atoms. The molecule has 1 amide bonds. The van der Waals surface area contributed by atoms with Gasteiger partial charge in [-0.2, -0.15) is 11.8 Å². The standard InChI is InChI=1S/C16H22Cl2N2OS/c1-11(14-5-4-13(17)10-15(14)18)19(3)16(21)12(2)20-6-8-22-9-7-20/h4-5,10-12H,6-9H2,1-3H3/t11-,12+/m1/s1. The summed E-state index contributed by atoms with van der Waals surface area (Å²) < 4.78 is 0. The number of rotatable bonds is 4. The van der Waals surface area contributed by atoms with E-state index >= 15 is 0 Å². The van der Waals surface area contributed by atoms with Gasteiger partial charge < -0.3 is 4.90 Å². The van der Waals surface area contributed by atoms with Crippen LogP contribution in [-0.4, -0.2) is 53.4 Å². The van der Waals surface area contributed by atoms with Crippen molar-refractivity contribution in [2.45, 2.75) is 25.9 Å². The van der Waals surface area contributed by atoms with Crippen molar-refractivity contribution in [2.75, 3.05) is 31.6 Å². The molecule has 2 rings (SSSR count). The zero-order chi connectivity index (χ0) is 16.3. The Morgan fingerprint density at radius 3 is 2.50 bits per heavy atom. The molecule has 0 N–H and O–H groups in total. The maximum Gasteiger partial charge on any atom is 0.239 e. The molecule has 1 heterocycles. The number of amides is 1. The summed E-state index contributed by atoms with van der Waals surface area (Å²) in [4.78, 5) is 16.8. The number of nitrogens with zero attached hydrogens (tertiary/aromatic N) is 2. The predicted octanol–water partition coefficient (Wildman–Crippen LogP) is 3.95. The molecule has 1 aliphatic heterocycles. The van der Waals surface area contributed by atoms with Crippen molar-refractivity contribution in [1.82, 2.24) is 9.80 Å². The number of halogens is 2. The average Bonchev–Trinajstić information content (AvgIpc) is 2.53. The average molecular weight is 361 g/mol. The Hall–Kier alpha value is -0.420. The number of thioether (sulfide) groups is 1. The van der Waals surface area contributed by atoms with E-state index in [9.17, 15) is 4.79 Å². The number of likely N-dealkylation sites (N-methyl/N-ethyl adjacent to an activating group) is 1. The first-order chi connectivity index (χ1) is 10.4. The second-order valence-corrected chi connectivity index (χ2v) is 7.68. The van der Waals surface area contributed by atoms with Gasteiger partial charge in [0.25, 0.3) is 0 Å². The summed E-state index contributed by atoms with van der Waals surface area (Å²) in [5, 5.41) is 1.20. The SMILES string of the molecule is C[C@H](c1ccc(Cl)cc1Cl)N(C)C(=O)[C@H](C)N1CCSCC1. The number of hydrogen-bond acceptors (Lipinski definition) is 3. The Morgan fingerprint density at radius 1 is 1.27 bits per heavy atom. The van der Waals surface area contributed by atoms with Crippen molar-refractivity contribution in [3.05, 3.63) is 33.8 Å². The summed E-state index contributed by atoms with van der Waals surface area (Å²) in [6.07, 6.45) is 0. The highest BCUT2D eigenvalue weighted by Gasteiger charge is 2.28. The fourth-order valence-electron chi connectivity index (χ4n) is 2.66. The summed E-state index contributed by atoms with van der Waals surface area (Å²) in [7, 11) is 1.84. The van der Waals surface area contributed by atoms with Crippen molar-refractivity contribution >= 4 is 40.9 Å². The molecule has 0 unspecified atom stereocenters. The molecule has 1 aromatic rings. The molecule has 1 fully saturated rings. The molecule has 0 saturated carbocycles. The van der Waals surface area contributed by atoms with E-state index in [1.165, 1.54) is 0 Å². The molecule has 0 spiro atoms. The van der Waals surface area contributed by atoms with Gasteiger partial charge in [0.2, 0.25) is 5.91 Å². The van der Waals surface area contributed by atoms with Gasteiger partial charge >= 0.3 is 0 Å². The number of benzene rings is 1. The third kappa shape index (κ3) is 4.10. The van der Waals surface area contributed by atoms with E-state index in [1.807, 2.05) is 44.8 Å². The summed E-state index contributed by atoms with van der Waals surface area (Å²) in [5.41, 5.74) is 0.920. The van der Waals surface area contributed by atoms with Crippen LogP contribution in [-0.2, 0) is 4.79 Å². The smallest absolute Gasteiger partial charge is 0.239 e. The molecule has 2 atom stereocenters. The van der Waals surface area contributed by atoms with E-state index < -0.39 is 0 Å². The van der Waals surface area contributed by atoms with E-state index in [0.717, 1.165) is 30.2 Å². The quantitative estimate of drug-likeness (QED) is 0.811. The number of carbonyl (C=O) groups is 1. The molecule has 3 nitrogen and oxygen atoms in total. The number of hydrogen-bond donors (Lipinski definition) is 0. The van der Waals surface area contributed by atoms with Gasteiger partial charge in [0.1, 0.15) is 0 Å².